The number of likely N-dealkylation sites (tertiary alicyclic amines) is 1. The van der Waals surface area contributed by atoms with Gasteiger partial charge in [-0.15, -0.1) is 0 Å². The second-order valence-electron chi connectivity index (χ2n) is 7.30. The fourth-order valence-electron chi connectivity index (χ4n) is 4.02. The molecule has 1 amide bonds. The number of nitrogens with zero attached hydrogens (tertiary/aromatic N) is 3. The molecule has 1 atom stereocenters. The lowest BCUT2D eigenvalue weighted by molar-refractivity contribution is -0.126. The number of hydrogen-bond donors (Lipinski definition) is 1. The van der Waals surface area contributed by atoms with Gasteiger partial charge in [-0.2, -0.15) is 0 Å². The first-order valence-electron chi connectivity index (χ1n) is 9.88. The Bertz CT molecular complexity index is 984. The normalized spacial score (nSPS) is 17.7. The summed E-state index contributed by atoms with van der Waals surface area (Å²) in [4.78, 5) is 19.6. The van der Waals surface area contributed by atoms with Gasteiger partial charge in [-0.3, -0.25) is 14.3 Å². The topological polar surface area (TPSA) is 50.2 Å². The number of fused-ring (bicyclic) bond motifs is 1. The molecule has 1 aliphatic rings. The van der Waals surface area contributed by atoms with Gasteiger partial charge in [0, 0.05) is 23.2 Å². The molecule has 1 aromatic heterocycles. The maximum absolute atomic E-state index is 12.3. The van der Waals surface area contributed by atoms with E-state index in [2.05, 4.69) is 55.0 Å². The fraction of sp³-hybridized carbons (Fsp3) is 0.364. The minimum Gasteiger partial charge on any atom is -0.356 e. The van der Waals surface area contributed by atoms with Crippen LogP contribution in [0.15, 0.2) is 53.0 Å². The van der Waals surface area contributed by atoms with Crippen LogP contribution in [0.2, 0.25) is 0 Å². The Kier molecular flexibility index (Phi) is 5.78. The number of nitrogens with one attached hydrogen (secondary N) is 1. The van der Waals surface area contributed by atoms with Crippen molar-refractivity contribution in [3.8, 4) is 5.69 Å². The van der Waals surface area contributed by atoms with E-state index in [4.69, 9.17) is 4.98 Å². The Balaban J connectivity index is 1.65. The van der Waals surface area contributed by atoms with E-state index in [-0.39, 0.29) is 11.8 Å². The minimum absolute atomic E-state index is 0.0670. The second-order valence-corrected chi connectivity index (χ2v) is 8.22. The molecule has 4 rings (SSSR count). The maximum Gasteiger partial charge on any atom is 0.224 e. The van der Waals surface area contributed by atoms with Crippen LogP contribution in [0.25, 0.3) is 16.7 Å². The molecule has 0 radical (unpaired) electrons. The number of imidazole rings is 1. The number of rotatable bonds is 5. The van der Waals surface area contributed by atoms with Crippen molar-refractivity contribution in [2.24, 2.45) is 5.92 Å². The summed E-state index contributed by atoms with van der Waals surface area (Å²) >= 11 is 3.58. The standard InChI is InChI=1S/C22H25BrN4O/c1-2-24-22(28)16-7-6-12-26(14-16)15-21-25-19-10-3-4-11-20(19)27(21)18-9-5-8-17(23)13-18/h3-5,8-11,13,16H,2,6-7,12,14-15H2,1H3,(H,24,28)/t16-/m1/s1. The zero-order valence-electron chi connectivity index (χ0n) is 16.1. The van der Waals surface area contributed by atoms with Gasteiger partial charge in [0.1, 0.15) is 5.82 Å². The highest BCUT2D eigenvalue weighted by Crippen LogP contribution is 2.26. The predicted octanol–water partition coefficient (Wildman–Crippen LogP) is 4.14. The monoisotopic (exact) mass is 440 g/mol. The van der Waals surface area contributed by atoms with Crippen molar-refractivity contribution in [1.82, 2.24) is 19.8 Å². The molecule has 1 fully saturated rings. The van der Waals surface area contributed by atoms with Crippen LogP contribution in [0.1, 0.15) is 25.6 Å². The maximum atomic E-state index is 12.3. The second kappa shape index (κ2) is 8.45. The SMILES string of the molecule is CCNC(=O)[C@@H]1CCCN(Cc2nc3ccccc3n2-c2cccc(Br)c2)C1. The molecule has 6 heteroatoms. The van der Waals surface area contributed by atoms with Crippen LogP contribution in [0, 0.1) is 5.92 Å². The predicted molar refractivity (Wildman–Crippen MR) is 115 cm³/mol. The third kappa shape index (κ3) is 3.98. The number of amides is 1. The third-order valence-corrected chi connectivity index (χ3v) is 5.78. The number of carbonyl (C=O) groups is 1. The Morgan fingerprint density at radius 1 is 1.25 bits per heavy atom. The summed E-state index contributed by atoms with van der Waals surface area (Å²) in [5.74, 6) is 1.25. The molecule has 2 heterocycles. The molecular weight excluding hydrogens is 416 g/mol. The van der Waals surface area contributed by atoms with E-state index >= 15 is 0 Å². The van der Waals surface area contributed by atoms with Gasteiger partial charge in [0.25, 0.3) is 0 Å². The summed E-state index contributed by atoms with van der Waals surface area (Å²) in [6.07, 6.45) is 2.00. The van der Waals surface area contributed by atoms with E-state index in [9.17, 15) is 4.79 Å². The number of carbonyl (C=O) groups excluding carboxylic acids is 1. The molecule has 28 heavy (non-hydrogen) atoms. The number of halogens is 1. The van der Waals surface area contributed by atoms with Crippen molar-refractivity contribution in [2.45, 2.75) is 26.3 Å². The average Bonchev–Trinajstić information content (AvgIpc) is 3.06. The van der Waals surface area contributed by atoms with Crippen LogP contribution in [0.4, 0.5) is 0 Å². The highest BCUT2D eigenvalue weighted by atomic mass is 79.9. The van der Waals surface area contributed by atoms with Crippen molar-refractivity contribution in [2.75, 3.05) is 19.6 Å². The zero-order chi connectivity index (χ0) is 19.5. The summed E-state index contributed by atoms with van der Waals surface area (Å²) in [6, 6.07) is 16.5. The van der Waals surface area contributed by atoms with Crippen LogP contribution in [0.3, 0.4) is 0 Å². The van der Waals surface area contributed by atoms with E-state index < -0.39 is 0 Å². The number of para-hydroxylation sites is 2. The van der Waals surface area contributed by atoms with Crippen molar-refractivity contribution < 1.29 is 4.79 Å². The molecule has 0 bridgehead atoms. The van der Waals surface area contributed by atoms with E-state index in [0.717, 1.165) is 59.5 Å². The quantitative estimate of drug-likeness (QED) is 0.648. The van der Waals surface area contributed by atoms with Gasteiger partial charge in [0.15, 0.2) is 0 Å². The first kappa shape index (κ1) is 19.2. The Morgan fingerprint density at radius 2 is 2.11 bits per heavy atom. The molecule has 3 aromatic rings. The van der Waals surface area contributed by atoms with Crippen molar-refractivity contribution in [3.63, 3.8) is 0 Å². The summed E-state index contributed by atoms with van der Waals surface area (Å²) in [6.45, 7) is 5.18. The first-order valence-corrected chi connectivity index (χ1v) is 10.7. The molecule has 1 saturated heterocycles. The van der Waals surface area contributed by atoms with E-state index in [0.29, 0.717) is 6.54 Å². The molecule has 146 valence electrons. The number of benzene rings is 2. The van der Waals surface area contributed by atoms with Crippen molar-refractivity contribution in [3.05, 3.63) is 58.8 Å². The van der Waals surface area contributed by atoms with Gasteiger partial charge in [0.05, 0.1) is 23.5 Å². The van der Waals surface area contributed by atoms with Gasteiger partial charge in [-0.05, 0) is 56.6 Å². The lowest BCUT2D eigenvalue weighted by atomic mass is 9.97. The smallest absolute Gasteiger partial charge is 0.224 e. The number of aromatic nitrogens is 2. The molecule has 0 spiro atoms. The van der Waals surface area contributed by atoms with Gasteiger partial charge >= 0.3 is 0 Å². The molecule has 5 nitrogen and oxygen atoms in total. The molecule has 1 aliphatic heterocycles. The molecule has 1 N–H and O–H groups in total. The van der Waals surface area contributed by atoms with Crippen LogP contribution in [0.5, 0.6) is 0 Å². The highest BCUT2D eigenvalue weighted by molar-refractivity contribution is 9.10. The Morgan fingerprint density at radius 3 is 2.93 bits per heavy atom. The molecule has 0 aliphatic carbocycles. The summed E-state index contributed by atoms with van der Waals surface area (Å²) in [5, 5.41) is 2.97. The minimum atomic E-state index is 0.0670. The van der Waals surface area contributed by atoms with Crippen LogP contribution >= 0.6 is 15.9 Å². The lowest BCUT2D eigenvalue weighted by Crippen LogP contribution is -2.42. The summed E-state index contributed by atoms with van der Waals surface area (Å²) < 4.78 is 3.28. The number of piperidine rings is 1. The number of hydrogen-bond acceptors (Lipinski definition) is 3. The summed E-state index contributed by atoms with van der Waals surface area (Å²) in [7, 11) is 0. The van der Waals surface area contributed by atoms with E-state index in [1.165, 1.54) is 0 Å². The van der Waals surface area contributed by atoms with Gasteiger partial charge in [-0.25, -0.2) is 4.98 Å². The van der Waals surface area contributed by atoms with Crippen LogP contribution in [-0.4, -0.2) is 40.0 Å². The largest absolute Gasteiger partial charge is 0.356 e. The van der Waals surface area contributed by atoms with E-state index in [1.807, 2.05) is 31.2 Å². The lowest BCUT2D eigenvalue weighted by Gasteiger charge is -2.31. The molecule has 2 aromatic carbocycles. The molecular formula is C22H25BrN4O. The summed E-state index contributed by atoms with van der Waals surface area (Å²) in [5.41, 5.74) is 3.19. The van der Waals surface area contributed by atoms with Gasteiger partial charge in [0.2, 0.25) is 5.91 Å². The van der Waals surface area contributed by atoms with Gasteiger partial charge < -0.3 is 5.32 Å². The van der Waals surface area contributed by atoms with Crippen molar-refractivity contribution in [1.29, 1.82) is 0 Å². The molecule has 0 saturated carbocycles. The van der Waals surface area contributed by atoms with Crippen molar-refractivity contribution >= 4 is 32.9 Å². The Labute approximate surface area is 173 Å². The average molecular weight is 441 g/mol. The van der Waals surface area contributed by atoms with Crippen LogP contribution < -0.4 is 5.32 Å². The van der Waals surface area contributed by atoms with Crippen LogP contribution in [-0.2, 0) is 11.3 Å². The Hall–Kier alpha value is -2.18. The van der Waals surface area contributed by atoms with E-state index in [1.54, 1.807) is 0 Å². The highest BCUT2D eigenvalue weighted by Gasteiger charge is 2.26. The third-order valence-electron chi connectivity index (χ3n) is 5.29. The zero-order valence-corrected chi connectivity index (χ0v) is 17.7. The fourth-order valence-corrected chi connectivity index (χ4v) is 4.40. The molecule has 0 unspecified atom stereocenters. The first-order chi connectivity index (χ1) is 13.7. The van der Waals surface area contributed by atoms with Gasteiger partial charge in [-0.1, -0.05) is 34.1 Å².